The van der Waals surface area contributed by atoms with Crippen LogP contribution in [0.1, 0.15) is 138 Å². The molecule has 6 saturated heterocycles. The fourth-order valence-electron chi connectivity index (χ4n) is 14.8. The molecule has 6 aliphatic rings. The normalized spacial score (nSPS) is 25.8. The number of fused-ring (bicyclic) bond motifs is 6. The Morgan fingerprint density at radius 2 is 0.685 bits per heavy atom. The van der Waals surface area contributed by atoms with Crippen molar-refractivity contribution in [3.05, 3.63) is 64.8 Å². The topological polar surface area (TPSA) is 555 Å². The summed E-state index contributed by atoms with van der Waals surface area (Å²) in [6.45, 7) is 0.803. The molecule has 0 aliphatic carbocycles. The lowest BCUT2D eigenvalue weighted by Gasteiger charge is -2.41. The van der Waals surface area contributed by atoms with Crippen molar-refractivity contribution in [3.8, 4) is 5.75 Å². The summed E-state index contributed by atoms with van der Waals surface area (Å²) in [4.78, 5) is 67.3. The average molecular weight is 1780 g/mol. The van der Waals surface area contributed by atoms with Crippen LogP contribution in [0.2, 0.25) is 0 Å². The van der Waals surface area contributed by atoms with Crippen molar-refractivity contribution in [3.63, 3.8) is 0 Å². The van der Waals surface area contributed by atoms with Gasteiger partial charge < -0.3 is 143 Å². The Hall–Kier alpha value is -7.32. The van der Waals surface area contributed by atoms with Crippen molar-refractivity contribution < 1.29 is 168 Å². The molecule has 4 amide bonds. The Morgan fingerprint density at radius 3 is 1.01 bits per heavy atom. The molecule has 698 valence electrons. The van der Waals surface area contributed by atoms with Gasteiger partial charge in [0, 0.05) is 57.3 Å². The Bertz CT molecular complexity index is 3640. The lowest BCUT2D eigenvalue weighted by atomic mass is 9.82. The van der Waals surface area contributed by atoms with Crippen LogP contribution in [-0.4, -0.2) is 357 Å². The summed E-state index contributed by atoms with van der Waals surface area (Å²) in [6, 6.07) is -2.78. The molecule has 13 N–H and O–H groups in total. The first kappa shape index (κ1) is 98.9. The molecule has 6 fully saturated rings. The Balaban J connectivity index is 0.654. The van der Waals surface area contributed by atoms with Gasteiger partial charge in [-0.3, -0.25) is 24.0 Å². The molecule has 9 heterocycles. The van der Waals surface area contributed by atoms with Gasteiger partial charge in [0.2, 0.25) is 58.5 Å². The third kappa shape index (κ3) is 27.1. The van der Waals surface area contributed by atoms with Crippen molar-refractivity contribution in [1.82, 2.24) is 66.2 Å². The van der Waals surface area contributed by atoms with Gasteiger partial charge in [0.25, 0.3) is 0 Å². The largest absolute Gasteiger partial charge is 0.420 e. The molecule has 10 rings (SSSR count). The van der Waals surface area contributed by atoms with Gasteiger partial charge in [0.1, 0.15) is 88.6 Å². The minimum Gasteiger partial charge on any atom is -0.420 e. The lowest BCUT2D eigenvalue weighted by molar-refractivity contribution is -0.244. The molecular weight excluding hydrogens is 1670 g/mol. The number of aromatic nitrogens is 9. The van der Waals surface area contributed by atoms with Crippen LogP contribution in [0, 0.1) is 29.1 Å². The number of aliphatic hydroxyl groups excluding tert-OH is 9. The molecule has 0 spiro atoms. The van der Waals surface area contributed by atoms with E-state index in [0.717, 1.165) is 6.42 Å². The summed E-state index contributed by atoms with van der Waals surface area (Å²) < 4.78 is 162. The molecule has 0 unspecified atom stereocenters. The van der Waals surface area contributed by atoms with Gasteiger partial charge >= 0.3 is 5.97 Å². The molecule has 0 radical (unpaired) electrons. The van der Waals surface area contributed by atoms with Crippen molar-refractivity contribution >= 4 is 29.6 Å². The molecule has 124 heavy (non-hydrogen) atoms. The number of esters is 1. The number of ether oxygens (including phenoxy) is 16. The van der Waals surface area contributed by atoms with Crippen molar-refractivity contribution in [2.45, 2.75) is 219 Å². The number of carbonyl (C=O) groups is 5. The molecule has 1 aromatic carbocycles. The van der Waals surface area contributed by atoms with Crippen LogP contribution < -0.4 is 26.0 Å². The van der Waals surface area contributed by atoms with E-state index in [1.807, 2.05) is 0 Å². The number of benzene rings is 1. The number of rotatable bonds is 61. The second-order valence-electron chi connectivity index (χ2n) is 30.8. The van der Waals surface area contributed by atoms with Crippen molar-refractivity contribution in [1.29, 1.82) is 0 Å². The zero-order chi connectivity index (χ0) is 88.7. The molecule has 43 nitrogen and oxygen atoms in total. The fourth-order valence-corrected chi connectivity index (χ4v) is 14.8. The van der Waals surface area contributed by atoms with Gasteiger partial charge in [-0.25, -0.2) is 27.2 Å². The monoisotopic (exact) mass is 1780 g/mol. The van der Waals surface area contributed by atoms with E-state index in [1.165, 1.54) is 32.6 Å². The second-order valence-corrected chi connectivity index (χ2v) is 30.8. The number of amides is 4. The van der Waals surface area contributed by atoms with E-state index in [0.29, 0.717) is 55.6 Å². The number of halogens is 5. The minimum absolute atomic E-state index is 0.00221. The van der Waals surface area contributed by atoms with Gasteiger partial charge in [-0.1, -0.05) is 54.2 Å². The highest BCUT2D eigenvalue weighted by atomic mass is 19.2. The number of unbranched alkanes of at least 4 members (excludes halogenated alkanes) is 7. The van der Waals surface area contributed by atoms with Crippen LogP contribution in [-0.2, 0) is 115 Å². The van der Waals surface area contributed by atoms with Crippen LogP contribution >= 0.6 is 0 Å². The molecule has 6 aliphatic heterocycles. The quantitative estimate of drug-likeness (QED) is 0.00538. The maximum Gasteiger partial charge on any atom is 0.311 e. The van der Waals surface area contributed by atoms with Gasteiger partial charge in [0.15, 0.2) is 18.9 Å². The van der Waals surface area contributed by atoms with Crippen LogP contribution in [0.5, 0.6) is 5.75 Å². The van der Waals surface area contributed by atoms with Gasteiger partial charge in [-0.15, -0.1) is 15.3 Å². The lowest BCUT2D eigenvalue weighted by Crippen LogP contribution is -2.60. The minimum atomic E-state index is -2.38. The molecule has 4 aromatic rings. The number of hydrogen-bond donors (Lipinski definition) is 13. The van der Waals surface area contributed by atoms with Gasteiger partial charge in [0.05, 0.1) is 177 Å². The highest BCUT2D eigenvalue weighted by molar-refractivity contribution is 5.80. The van der Waals surface area contributed by atoms with E-state index in [9.17, 15) is 91.9 Å². The molecular formula is C76H114F5N13O30. The van der Waals surface area contributed by atoms with E-state index in [4.69, 9.17) is 71.1 Å². The fraction of sp³-hybridized carbons (Fsp3) is 0.776. The first-order valence-corrected chi connectivity index (χ1v) is 41.4. The van der Waals surface area contributed by atoms with Gasteiger partial charge in [-0.05, 0) is 32.1 Å². The maximum absolute atomic E-state index is 14.1. The summed E-state index contributed by atoms with van der Waals surface area (Å²) in [6.07, 6.45) is -3.03. The number of aliphatic hydroxyl groups is 9. The summed E-state index contributed by atoms with van der Waals surface area (Å²) in [5.74, 6) is -15.9. The van der Waals surface area contributed by atoms with Gasteiger partial charge in [-0.2, -0.15) is 8.78 Å². The summed E-state index contributed by atoms with van der Waals surface area (Å²) in [5.41, 5.74) is -4.34. The predicted molar refractivity (Wildman–Crippen MR) is 405 cm³/mol. The zero-order valence-corrected chi connectivity index (χ0v) is 68.6. The van der Waals surface area contributed by atoms with Crippen LogP contribution in [0.3, 0.4) is 0 Å². The highest BCUT2D eigenvalue weighted by Gasteiger charge is 2.63. The zero-order valence-electron chi connectivity index (χ0n) is 68.6. The first-order chi connectivity index (χ1) is 59.9. The molecule has 3 aromatic heterocycles. The third-order valence-corrected chi connectivity index (χ3v) is 21.9. The smallest absolute Gasteiger partial charge is 0.311 e. The van der Waals surface area contributed by atoms with Crippen LogP contribution in [0.4, 0.5) is 22.0 Å². The number of hydrogen-bond acceptors (Lipinski definition) is 36. The standard InChI is InChI=1S/C76H114F5N13O30/c77-55-56(78)58(80)66(59(81)57(55)79)121-54(102)10-8-6-4-2-1-3-5-7-9-53(101)85-73(14-11-50(98)82-17-20-109-23-26-112-29-32-115-38-47-35-92(89-86-47)60-63(103)67(106)74(41-95)44-118-70(60)122-74,15-12-51(99)83-18-21-110-24-27-113-30-33-116-39-48-36-93(90-87-48)61-64(104)68(107)75(42-96)45-119-71(61)123-75)16-13-52(100)84-19-22-111-25-28-114-31-34-117-40-49-37-94(91-88-49)62-65(105)69(108)76(43-97)46-120-72(62)124-76/h35-37,60-65,67-72,95-97,103-108H,1-34,38-46H2,(H,82,98)(H,83,99)(H,84,100)(H,85,101)/t60-,61-,62-,63-,64-,65-,67-,68-,69-,70-,71+,72+,74+,75+,76+/m1/s1. The number of nitrogens with zero attached hydrogens (tertiary/aromatic N) is 9. The average Bonchev–Trinajstić information content (AvgIpc) is 1.61. The van der Waals surface area contributed by atoms with Crippen LogP contribution in [0.15, 0.2) is 18.6 Å². The SMILES string of the molecule is O=C(CCC(CCC(=O)NCCOCCOCCOCc1cn([C@H]2[C@H]3OC[C@](CO)(O3)[C@H](O)[C@@H]2O)nn1)(CCC(=O)NCCOCCOCCOCc1cn([C@H]2[C@H]3OC[C@](CO)(O3)[C@H](O)[C@@H]2O)nn1)NC(=O)CCCCCCCCCCC(=O)Oc1c(F)c(F)c(F)c(F)c1F)NCCOCCOCCOCc1cn([C@H]2[C@@H]3OC[C@](CO)(O3)[C@H](O)[C@@H]2O)nn1. The Kier molecular flexibility index (Phi) is 39.3. The summed E-state index contributed by atoms with van der Waals surface area (Å²) >= 11 is 0. The van der Waals surface area contributed by atoms with E-state index in [1.54, 1.807) is 0 Å². The number of nitrogens with one attached hydrogen (secondary N) is 4. The first-order valence-electron chi connectivity index (χ1n) is 41.4. The van der Waals surface area contributed by atoms with E-state index in [-0.39, 0.29) is 216 Å². The summed E-state index contributed by atoms with van der Waals surface area (Å²) in [5, 5.41) is 130. The van der Waals surface area contributed by atoms with Crippen molar-refractivity contribution in [2.24, 2.45) is 0 Å². The molecule has 6 bridgehead atoms. The Morgan fingerprint density at radius 1 is 0.395 bits per heavy atom. The highest BCUT2D eigenvalue weighted by Crippen LogP contribution is 2.45. The van der Waals surface area contributed by atoms with E-state index < -0.39 is 180 Å². The predicted octanol–water partition coefficient (Wildman–Crippen LogP) is -2.60. The Labute approximate surface area is 708 Å². The molecule has 48 heteroatoms. The van der Waals surface area contributed by atoms with E-state index >= 15 is 0 Å². The van der Waals surface area contributed by atoms with Crippen molar-refractivity contribution in [2.75, 3.05) is 158 Å². The molecule has 15 atom stereocenters. The second kappa shape index (κ2) is 49.3. The third-order valence-electron chi connectivity index (χ3n) is 21.9. The summed E-state index contributed by atoms with van der Waals surface area (Å²) in [7, 11) is 0. The van der Waals surface area contributed by atoms with E-state index in [2.05, 4.69) is 56.9 Å². The van der Waals surface area contributed by atoms with Crippen LogP contribution in [0.25, 0.3) is 0 Å². The number of carbonyl (C=O) groups excluding carboxylic acids is 5. The maximum atomic E-state index is 14.1. The molecule has 0 saturated carbocycles.